The number of hydrogen-bond acceptors (Lipinski definition) is 9. The number of likely N-dealkylation sites (tertiary alicyclic amines) is 1. The number of aryl methyl sites for hydroxylation is 2. The van der Waals surface area contributed by atoms with Gasteiger partial charge in [0, 0.05) is 70.3 Å². The van der Waals surface area contributed by atoms with Crippen LogP contribution in [0, 0.1) is 5.82 Å². The largest absolute Gasteiger partial charge is 0.494 e. The Balaban J connectivity index is 1.20. The van der Waals surface area contributed by atoms with Crippen molar-refractivity contribution < 1.29 is 18.7 Å². The molecule has 1 amide bonds. The molecule has 13 heteroatoms. The second kappa shape index (κ2) is 11.1. The highest BCUT2D eigenvalue weighted by Gasteiger charge is 2.40. The molecule has 0 unspecified atom stereocenters. The van der Waals surface area contributed by atoms with Crippen LogP contribution in [0.5, 0.6) is 5.75 Å². The van der Waals surface area contributed by atoms with Gasteiger partial charge in [0.15, 0.2) is 0 Å². The molecular weight excluding hydrogens is 567 g/mol. The molecule has 2 fully saturated rings. The van der Waals surface area contributed by atoms with E-state index in [1.807, 2.05) is 6.07 Å². The van der Waals surface area contributed by atoms with E-state index in [1.54, 1.807) is 30.9 Å². The van der Waals surface area contributed by atoms with Gasteiger partial charge in [-0.25, -0.2) is 18.7 Å². The van der Waals surface area contributed by atoms with Crippen molar-refractivity contribution in [2.24, 2.45) is 0 Å². The van der Waals surface area contributed by atoms with E-state index in [9.17, 15) is 14.0 Å². The molecule has 0 radical (unpaired) electrons. The van der Waals surface area contributed by atoms with Crippen LogP contribution in [-0.4, -0.2) is 82.5 Å². The Morgan fingerprint density at radius 2 is 1.95 bits per heavy atom. The van der Waals surface area contributed by atoms with Gasteiger partial charge in [0.2, 0.25) is 11.9 Å². The molecule has 5 heterocycles. The minimum absolute atomic E-state index is 0.198. The second-order valence-electron chi connectivity index (χ2n) is 11.3. The number of nitrogens with zero attached hydrogens (tertiary/aromatic N) is 6. The van der Waals surface area contributed by atoms with Crippen molar-refractivity contribution in [3.05, 3.63) is 71.0 Å². The molecule has 2 aromatic carbocycles. The summed E-state index contributed by atoms with van der Waals surface area (Å²) in [5, 5.41) is 6.10. The number of hydrogen-bond donors (Lipinski definition) is 2. The number of anilines is 4. The average Bonchev–Trinajstić information content (AvgIpc) is 3.26. The van der Waals surface area contributed by atoms with Gasteiger partial charge in [-0.1, -0.05) is 6.58 Å². The van der Waals surface area contributed by atoms with Gasteiger partial charge in [-0.2, -0.15) is 4.98 Å². The van der Waals surface area contributed by atoms with Gasteiger partial charge < -0.3 is 25.0 Å². The molecule has 3 aliphatic heterocycles. The van der Waals surface area contributed by atoms with Crippen LogP contribution in [0.3, 0.4) is 0 Å². The van der Waals surface area contributed by atoms with E-state index in [-0.39, 0.29) is 23.6 Å². The molecule has 0 spiro atoms. The van der Waals surface area contributed by atoms with E-state index in [1.165, 1.54) is 29.0 Å². The van der Waals surface area contributed by atoms with Crippen molar-refractivity contribution in [3.63, 3.8) is 0 Å². The molecule has 2 N–H and O–H groups in total. The monoisotopic (exact) mass is 600 g/mol. The van der Waals surface area contributed by atoms with Crippen molar-refractivity contribution in [2.45, 2.75) is 31.5 Å². The van der Waals surface area contributed by atoms with E-state index in [2.05, 4.69) is 37.0 Å². The Bertz CT molecular complexity index is 1840. The number of carbonyl (C=O) groups is 1. The maximum atomic E-state index is 14.5. The molecule has 4 aromatic rings. The van der Waals surface area contributed by atoms with E-state index >= 15 is 0 Å². The van der Waals surface area contributed by atoms with Crippen LogP contribution in [0.15, 0.2) is 54.0 Å². The van der Waals surface area contributed by atoms with Gasteiger partial charge in [-0.3, -0.25) is 14.3 Å². The number of rotatable bonds is 9. The van der Waals surface area contributed by atoms with Crippen molar-refractivity contribution in [2.75, 3.05) is 55.9 Å². The number of carbonyl (C=O) groups excluding carboxylic acids is 1. The normalized spacial score (nSPS) is 16.8. The minimum Gasteiger partial charge on any atom is -0.494 e. The molecule has 7 rings (SSSR count). The molecular formula is C31H33FN8O4. The van der Waals surface area contributed by atoms with Crippen molar-refractivity contribution >= 4 is 40.0 Å². The van der Waals surface area contributed by atoms with E-state index in [0.717, 1.165) is 49.4 Å². The fourth-order valence-corrected chi connectivity index (χ4v) is 6.32. The highest BCUT2D eigenvalue weighted by atomic mass is 19.1. The maximum absolute atomic E-state index is 14.5. The van der Waals surface area contributed by atoms with E-state index in [4.69, 9.17) is 9.47 Å². The van der Waals surface area contributed by atoms with E-state index < -0.39 is 5.82 Å². The Kier molecular flexibility index (Phi) is 7.05. The maximum Gasteiger partial charge on any atom is 0.334 e. The molecule has 44 heavy (non-hydrogen) atoms. The summed E-state index contributed by atoms with van der Waals surface area (Å²) < 4.78 is 28.8. The third kappa shape index (κ3) is 4.77. The minimum atomic E-state index is -0.399. The smallest absolute Gasteiger partial charge is 0.334 e. The van der Waals surface area contributed by atoms with Gasteiger partial charge in [0.1, 0.15) is 17.4 Å². The molecule has 3 aliphatic rings. The first kappa shape index (κ1) is 28.0. The van der Waals surface area contributed by atoms with Crippen LogP contribution in [-0.2, 0) is 22.5 Å². The Morgan fingerprint density at radius 1 is 1.14 bits per heavy atom. The predicted octanol–water partition coefficient (Wildman–Crippen LogP) is 3.06. The zero-order valence-corrected chi connectivity index (χ0v) is 24.5. The van der Waals surface area contributed by atoms with Gasteiger partial charge >= 0.3 is 5.69 Å². The molecule has 2 aromatic heterocycles. The summed E-state index contributed by atoms with van der Waals surface area (Å²) in [4.78, 5) is 39.4. The van der Waals surface area contributed by atoms with Gasteiger partial charge in [0.25, 0.3) is 0 Å². The summed E-state index contributed by atoms with van der Waals surface area (Å²) in [5.41, 5.74) is 3.64. The average molecular weight is 601 g/mol. The lowest BCUT2D eigenvalue weighted by atomic mass is 9.99. The second-order valence-corrected chi connectivity index (χ2v) is 11.3. The van der Waals surface area contributed by atoms with Gasteiger partial charge in [-0.15, -0.1) is 0 Å². The number of imidazole rings is 1. The third-order valence-corrected chi connectivity index (χ3v) is 8.70. The van der Waals surface area contributed by atoms with Crippen LogP contribution in [0.25, 0.3) is 16.9 Å². The number of methoxy groups -OCH3 is 2. The summed E-state index contributed by atoms with van der Waals surface area (Å²) in [5.74, 6) is 0.276. The number of nitrogens with one attached hydrogen (secondary N) is 2. The molecule has 0 aliphatic carbocycles. The lowest BCUT2D eigenvalue weighted by Gasteiger charge is -2.52. The van der Waals surface area contributed by atoms with Crippen LogP contribution in [0.4, 0.5) is 27.4 Å². The fourth-order valence-electron chi connectivity index (χ4n) is 6.32. The van der Waals surface area contributed by atoms with Crippen LogP contribution in [0.1, 0.15) is 12.0 Å². The molecule has 2 saturated heterocycles. The van der Waals surface area contributed by atoms with Gasteiger partial charge in [0.05, 0.1) is 41.3 Å². The van der Waals surface area contributed by atoms with Crippen molar-refractivity contribution in [1.29, 1.82) is 0 Å². The first-order valence-corrected chi connectivity index (χ1v) is 14.6. The first-order valence-electron chi connectivity index (χ1n) is 14.6. The molecule has 228 valence electrons. The van der Waals surface area contributed by atoms with Crippen molar-refractivity contribution in [1.82, 2.24) is 24.0 Å². The number of amides is 1. The fraction of sp³-hybridized carbons (Fsp3) is 0.355. The zero-order valence-electron chi connectivity index (χ0n) is 24.5. The summed E-state index contributed by atoms with van der Waals surface area (Å²) in [6.07, 6.45) is 4.51. The van der Waals surface area contributed by atoms with Gasteiger partial charge in [-0.05, 0) is 36.6 Å². The standard InChI is InChI=1S/C31H33FN8O4/c1-4-28(41)34-22-12-23(26(44-3)13-24(22)38-14-20(15-38)37-16-21(17-37)43-2)35-30-33-8-7-27(36-30)40-25-11-19(32)10-18-6-5-9-39(29(18)25)31(40)42/h4,7-8,10-13,20-21H,1,5-6,9,14-17H2,2-3H3,(H,34,41)(H,33,35,36). The van der Waals surface area contributed by atoms with E-state index in [0.29, 0.717) is 47.5 Å². The molecule has 12 nitrogen and oxygen atoms in total. The summed E-state index contributed by atoms with van der Waals surface area (Å²) in [6.45, 7) is 7.60. The zero-order chi connectivity index (χ0) is 30.5. The first-order chi connectivity index (χ1) is 21.4. The third-order valence-electron chi connectivity index (χ3n) is 8.70. The number of ether oxygens (including phenoxy) is 2. The van der Waals surface area contributed by atoms with Crippen molar-refractivity contribution in [3.8, 4) is 11.6 Å². The number of halogens is 1. The van der Waals surface area contributed by atoms with Crippen LogP contribution < -0.4 is 26.0 Å². The predicted molar refractivity (Wildman–Crippen MR) is 165 cm³/mol. The lowest BCUT2D eigenvalue weighted by Crippen LogP contribution is -2.67. The molecule has 0 atom stereocenters. The molecule has 0 bridgehead atoms. The Morgan fingerprint density at radius 3 is 2.70 bits per heavy atom. The summed E-state index contributed by atoms with van der Waals surface area (Å²) in [6, 6.07) is 8.52. The lowest BCUT2D eigenvalue weighted by molar-refractivity contribution is -0.111. The highest BCUT2D eigenvalue weighted by Crippen LogP contribution is 2.41. The summed E-state index contributed by atoms with van der Waals surface area (Å²) >= 11 is 0. The Hall–Kier alpha value is -4.75. The Labute approximate surface area is 252 Å². The quantitative estimate of drug-likeness (QED) is 0.280. The van der Waals surface area contributed by atoms with Crippen LogP contribution >= 0.6 is 0 Å². The van der Waals surface area contributed by atoms with Crippen LogP contribution in [0.2, 0.25) is 0 Å². The highest BCUT2D eigenvalue weighted by molar-refractivity contribution is 6.02. The number of aromatic nitrogens is 4. The number of benzene rings is 2. The molecule has 0 saturated carbocycles. The summed E-state index contributed by atoms with van der Waals surface area (Å²) in [7, 11) is 3.30. The SMILES string of the molecule is C=CC(=O)Nc1cc(Nc2nccc(-n3c(=O)n4c5c(cc(F)cc53)CCC4)n2)c(OC)cc1N1CC(N2CC(OC)C2)C1. The topological polar surface area (TPSA) is 119 Å².